The van der Waals surface area contributed by atoms with E-state index in [0.29, 0.717) is 53.4 Å². The van der Waals surface area contributed by atoms with Crippen LogP contribution in [0.3, 0.4) is 0 Å². The number of H-pyrrole nitrogens is 1. The number of pyridine rings is 1. The molecule has 1 N–H and O–H groups in total. The van der Waals surface area contributed by atoms with Gasteiger partial charge < -0.3 is 4.57 Å². The first kappa shape index (κ1) is 26.3. The van der Waals surface area contributed by atoms with Crippen LogP contribution in [0.4, 0.5) is 4.39 Å². The van der Waals surface area contributed by atoms with E-state index in [9.17, 15) is 14.0 Å². The van der Waals surface area contributed by atoms with Crippen LogP contribution in [0.5, 0.6) is 0 Å². The SMILES string of the molecule is C/C=C\C(CCn1c(CN(C)Cc2cccc(F)c2)c2c(=O)n(-c3cccc(Cl)c3)[nH]c2cc1=O)=NC. The predicted octanol–water partition coefficient (Wildman–Crippen LogP) is 4.94. The van der Waals surface area contributed by atoms with E-state index in [1.807, 2.05) is 37.1 Å². The molecule has 0 atom stereocenters. The van der Waals surface area contributed by atoms with Gasteiger partial charge >= 0.3 is 0 Å². The Morgan fingerprint density at radius 2 is 1.92 bits per heavy atom. The zero-order valence-electron chi connectivity index (χ0n) is 21.0. The van der Waals surface area contributed by atoms with E-state index in [1.54, 1.807) is 41.9 Å². The van der Waals surface area contributed by atoms with E-state index in [0.717, 1.165) is 11.3 Å². The molecule has 0 aliphatic heterocycles. The second-order valence-corrected chi connectivity index (χ2v) is 9.31. The summed E-state index contributed by atoms with van der Waals surface area (Å²) in [4.78, 5) is 33.2. The maximum Gasteiger partial charge on any atom is 0.280 e. The van der Waals surface area contributed by atoms with Crippen LogP contribution in [0.15, 0.2) is 81.3 Å². The van der Waals surface area contributed by atoms with E-state index in [2.05, 4.69) is 10.1 Å². The van der Waals surface area contributed by atoms with Gasteiger partial charge in [0.25, 0.3) is 11.1 Å². The summed E-state index contributed by atoms with van der Waals surface area (Å²) in [5.41, 5.74) is 2.73. The van der Waals surface area contributed by atoms with Crippen molar-refractivity contribution in [3.05, 3.63) is 110 Å². The second-order valence-electron chi connectivity index (χ2n) is 8.87. The molecular weight excluding hydrogens is 493 g/mol. The van der Waals surface area contributed by atoms with Gasteiger partial charge in [-0.3, -0.25) is 24.6 Å². The average Bonchev–Trinajstić information content (AvgIpc) is 3.18. The Hall–Kier alpha value is -3.75. The lowest BCUT2D eigenvalue weighted by atomic mass is 10.1. The van der Waals surface area contributed by atoms with Crippen LogP contribution in [0.1, 0.15) is 24.6 Å². The van der Waals surface area contributed by atoms with Crippen LogP contribution in [0.2, 0.25) is 5.02 Å². The molecule has 9 heteroatoms. The number of aliphatic imine (C=N–C) groups is 1. The molecule has 4 aromatic rings. The third kappa shape index (κ3) is 5.98. The number of halogens is 2. The number of aromatic amines is 1. The first-order valence-corrected chi connectivity index (χ1v) is 12.3. The molecule has 0 aliphatic rings. The molecule has 0 aliphatic carbocycles. The first-order valence-electron chi connectivity index (χ1n) is 12.0. The molecule has 0 bridgehead atoms. The average molecular weight is 522 g/mol. The van der Waals surface area contributed by atoms with Crippen molar-refractivity contribution in [2.75, 3.05) is 14.1 Å². The van der Waals surface area contributed by atoms with Gasteiger partial charge in [-0.2, -0.15) is 0 Å². The van der Waals surface area contributed by atoms with E-state index in [1.165, 1.54) is 22.9 Å². The molecule has 0 radical (unpaired) electrons. The Balaban J connectivity index is 1.82. The van der Waals surface area contributed by atoms with Gasteiger partial charge in [0, 0.05) is 49.9 Å². The minimum absolute atomic E-state index is 0.225. The standard InChI is InChI=1S/C28H29ClFN5O2/c1-4-7-22(31-2)12-13-34-25(18-33(3)17-19-8-5-10-21(30)14-19)27-24(16-26(34)36)32-35(28(27)37)23-11-6-9-20(29)15-23/h4-11,14-16,32H,12-13,17-18H2,1-3H3/b7-4-,31-22?. The molecule has 0 saturated carbocycles. The Bertz CT molecular complexity index is 1600. The van der Waals surface area contributed by atoms with E-state index in [-0.39, 0.29) is 16.9 Å². The number of benzene rings is 2. The van der Waals surface area contributed by atoms with Gasteiger partial charge in [0.15, 0.2) is 0 Å². The van der Waals surface area contributed by atoms with E-state index >= 15 is 0 Å². The molecule has 0 unspecified atom stereocenters. The van der Waals surface area contributed by atoms with Crippen molar-refractivity contribution in [1.82, 2.24) is 19.2 Å². The molecule has 0 saturated heterocycles. The fourth-order valence-electron chi connectivity index (χ4n) is 4.46. The van der Waals surface area contributed by atoms with Gasteiger partial charge in [-0.15, -0.1) is 0 Å². The number of nitrogens with one attached hydrogen (secondary N) is 1. The van der Waals surface area contributed by atoms with Crippen molar-refractivity contribution in [3.8, 4) is 5.69 Å². The number of nitrogens with zero attached hydrogens (tertiary/aromatic N) is 4. The summed E-state index contributed by atoms with van der Waals surface area (Å²) in [5, 5.41) is 3.99. The highest BCUT2D eigenvalue weighted by molar-refractivity contribution is 6.30. The van der Waals surface area contributed by atoms with Crippen molar-refractivity contribution in [2.45, 2.75) is 33.0 Å². The number of fused-ring (bicyclic) bond motifs is 1. The Morgan fingerprint density at radius 1 is 1.14 bits per heavy atom. The fraction of sp³-hybridized carbons (Fsp3) is 0.250. The number of allylic oxidation sites excluding steroid dienone is 2. The first-order chi connectivity index (χ1) is 17.8. The van der Waals surface area contributed by atoms with Crippen molar-refractivity contribution < 1.29 is 4.39 Å². The molecule has 4 rings (SSSR count). The van der Waals surface area contributed by atoms with E-state index in [4.69, 9.17) is 11.6 Å². The Kier molecular flexibility index (Phi) is 8.21. The number of hydrogen-bond acceptors (Lipinski definition) is 4. The van der Waals surface area contributed by atoms with Crippen LogP contribution in [-0.2, 0) is 19.6 Å². The highest BCUT2D eigenvalue weighted by Crippen LogP contribution is 2.19. The zero-order chi connectivity index (χ0) is 26.5. The lowest BCUT2D eigenvalue weighted by Crippen LogP contribution is -2.29. The smallest absolute Gasteiger partial charge is 0.280 e. The zero-order valence-corrected chi connectivity index (χ0v) is 21.8. The molecule has 0 amide bonds. The van der Waals surface area contributed by atoms with Crippen molar-refractivity contribution in [2.24, 2.45) is 4.99 Å². The topological polar surface area (TPSA) is 75.4 Å². The molecule has 0 spiro atoms. The largest absolute Gasteiger partial charge is 0.310 e. The highest BCUT2D eigenvalue weighted by Gasteiger charge is 2.19. The van der Waals surface area contributed by atoms with Crippen molar-refractivity contribution in [1.29, 1.82) is 0 Å². The monoisotopic (exact) mass is 521 g/mol. The van der Waals surface area contributed by atoms with Gasteiger partial charge in [0.2, 0.25) is 0 Å². The highest BCUT2D eigenvalue weighted by atomic mass is 35.5. The Labute approximate surface area is 219 Å². The summed E-state index contributed by atoms with van der Waals surface area (Å²) < 4.78 is 16.8. The molecule has 2 aromatic heterocycles. The van der Waals surface area contributed by atoms with Gasteiger partial charge in [0.1, 0.15) is 5.82 Å². The Morgan fingerprint density at radius 3 is 2.62 bits per heavy atom. The maximum absolute atomic E-state index is 13.7. The molecule has 2 heterocycles. The minimum Gasteiger partial charge on any atom is -0.310 e. The number of aromatic nitrogens is 3. The summed E-state index contributed by atoms with van der Waals surface area (Å²) in [6.45, 7) is 3.01. The van der Waals surface area contributed by atoms with Crippen molar-refractivity contribution >= 4 is 28.2 Å². The number of hydrogen-bond donors (Lipinski definition) is 1. The van der Waals surface area contributed by atoms with Gasteiger partial charge in [-0.25, -0.2) is 9.07 Å². The number of rotatable bonds is 9. The lowest BCUT2D eigenvalue weighted by molar-refractivity contribution is 0.309. The van der Waals surface area contributed by atoms with E-state index < -0.39 is 0 Å². The molecule has 192 valence electrons. The second kappa shape index (κ2) is 11.5. The lowest BCUT2D eigenvalue weighted by Gasteiger charge is -2.20. The summed E-state index contributed by atoms with van der Waals surface area (Å²) in [7, 11) is 3.59. The van der Waals surface area contributed by atoms with Gasteiger partial charge in [-0.1, -0.05) is 35.9 Å². The van der Waals surface area contributed by atoms with Crippen LogP contribution in [0, 0.1) is 5.82 Å². The maximum atomic E-state index is 13.7. The van der Waals surface area contributed by atoms with Gasteiger partial charge in [-0.05, 0) is 55.9 Å². The van der Waals surface area contributed by atoms with Crippen LogP contribution in [0.25, 0.3) is 16.6 Å². The quantitative estimate of drug-likeness (QED) is 0.317. The summed E-state index contributed by atoms with van der Waals surface area (Å²) in [6, 6.07) is 14.8. The summed E-state index contributed by atoms with van der Waals surface area (Å²) in [5.74, 6) is -0.310. The van der Waals surface area contributed by atoms with Crippen molar-refractivity contribution in [3.63, 3.8) is 0 Å². The predicted molar refractivity (Wildman–Crippen MR) is 148 cm³/mol. The molecule has 0 fully saturated rings. The molecule has 7 nitrogen and oxygen atoms in total. The van der Waals surface area contributed by atoms with Gasteiger partial charge in [0.05, 0.1) is 22.3 Å². The molecule has 37 heavy (non-hydrogen) atoms. The molecular formula is C28H29ClFN5O2. The summed E-state index contributed by atoms with van der Waals surface area (Å²) in [6.07, 6.45) is 4.33. The van der Waals surface area contributed by atoms with Crippen LogP contribution >= 0.6 is 11.6 Å². The third-order valence-electron chi connectivity index (χ3n) is 6.13. The van der Waals surface area contributed by atoms with Crippen LogP contribution < -0.4 is 11.1 Å². The summed E-state index contributed by atoms with van der Waals surface area (Å²) >= 11 is 6.16. The van der Waals surface area contributed by atoms with Crippen LogP contribution in [-0.4, -0.2) is 39.1 Å². The normalized spacial score (nSPS) is 12.3. The third-order valence-corrected chi connectivity index (χ3v) is 6.37. The fourth-order valence-corrected chi connectivity index (χ4v) is 4.64. The molecule has 2 aromatic carbocycles. The minimum atomic E-state index is -0.310.